The third kappa shape index (κ3) is 3.70. The van der Waals surface area contributed by atoms with Crippen LogP contribution in [-0.4, -0.2) is 61.0 Å². The predicted molar refractivity (Wildman–Crippen MR) is 101 cm³/mol. The summed E-state index contributed by atoms with van der Waals surface area (Å²) >= 11 is 4.87. The zero-order chi connectivity index (χ0) is 17.3. The number of rotatable bonds is 3. The minimum Gasteiger partial charge on any atom is -0.363 e. The SMILES string of the molecule is Cc1cc(N(C)C)nc(N2CCN(C(=O)c3cc(Br)cs3)CC2)n1. The van der Waals surface area contributed by atoms with Crippen molar-refractivity contribution in [2.24, 2.45) is 0 Å². The van der Waals surface area contributed by atoms with E-state index in [-0.39, 0.29) is 5.91 Å². The molecule has 0 saturated carbocycles. The molecule has 0 aliphatic carbocycles. The molecule has 0 atom stereocenters. The summed E-state index contributed by atoms with van der Waals surface area (Å²) in [5.74, 6) is 1.74. The first-order valence-corrected chi connectivity index (χ1v) is 9.42. The Morgan fingerprint density at radius 3 is 2.50 bits per heavy atom. The van der Waals surface area contributed by atoms with Crippen LogP contribution in [0.15, 0.2) is 22.0 Å². The van der Waals surface area contributed by atoms with Crippen LogP contribution in [0.2, 0.25) is 0 Å². The molecule has 24 heavy (non-hydrogen) atoms. The van der Waals surface area contributed by atoms with Crippen molar-refractivity contribution in [1.82, 2.24) is 14.9 Å². The number of hydrogen-bond acceptors (Lipinski definition) is 6. The van der Waals surface area contributed by atoms with Gasteiger partial charge in [-0.15, -0.1) is 11.3 Å². The Balaban J connectivity index is 1.68. The normalized spacial score (nSPS) is 14.8. The molecule has 6 nitrogen and oxygen atoms in total. The van der Waals surface area contributed by atoms with Crippen LogP contribution < -0.4 is 9.80 Å². The molecule has 0 unspecified atom stereocenters. The number of aryl methyl sites for hydroxylation is 1. The molecule has 0 radical (unpaired) electrons. The van der Waals surface area contributed by atoms with Crippen molar-refractivity contribution in [2.45, 2.75) is 6.92 Å². The predicted octanol–water partition coefficient (Wildman–Crippen LogP) is 2.64. The van der Waals surface area contributed by atoms with Gasteiger partial charge in [-0.3, -0.25) is 4.79 Å². The van der Waals surface area contributed by atoms with Crippen molar-refractivity contribution < 1.29 is 4.79 Å². The summed E-state index contributed by atoms with van der Waals surface area (Å²) in [5.41, 5.74) is 0.950. The summed E-state index contributed by atoms with van der Waals surface area (Å²) in [6, 6.07) is 3.85. The van der Waals surface area contributed by atoms with Gasteiger partial charge in [0.1, 0.15) is 5.82 Å². The maximum Gasteiger partial charge on any atom is 0.264 e. The van der Waals surface area contributed by atoms with E-state index in [0.717, 1.165) is 39.9 Å². The summed E-state index contributed by atoms with van der Waals surface area (Å²) in [7, 11) is 3.95. The lowest BCUT2D eigenvalue weighted by molar-refractivity contribution is 0.0751. The summed E-state index contributed by atoms with van der Waals surface area (Å²) in [4.78, 5) is 28.5. The maximum atomic E-state index is 12.5. The Labute approximate surface area is 154 Å². The van der Waals surface area contributed by atoms with Gasteiger partial charge in [-0.2, -0.15) is 4.98 Å². The van der Waals surface area contributed by atoms with Gasteiger partial charge in [0.25, 0.3) is 5.91 Å². The van der Waals surface area contributed by atoms with Crippen molar-refractivity contribution in [3.8, 4) is 0 Å². The summed E-state index contributed by atoms with van der Waals surface area (Å²) in [6.07, 6.45) is 0. The van der Waals surface area contributed by atoms with E-state index in [2.05, 4.69) is 30.8 Å². The van der Waals surface area contributed by atoms with Crippen molar-refractivity contribution in [3.63, 3.8) is 0 Å². The molecule has 2 aromatic heterocycles. The Kier molecular flexibility index (Phi) is 5.05. The van der Waals surface area contributed by atoms with Crippen LogP contribution in [0, 0.1) is 6.92 Å². The Morgan fingerprint density at radius 2 is 1.92 bits per heavy atom. The fraction of sp³-hybridized carbons (Fsp3) is 0.438. The van der Waals surface area contributed by atoms with Crippen LogP contribution in [0.5, 0.6) is 0 Å². The Bertz CT molecular complexity index is 740. The summed E-state index contributed by atoms with van der Waals surface area (Å²) in [5, 5.41) is 1.94. The number of aromatic nitrogens is 2. The minimum atomic E-state index is 0.101. The molecule has 3 rings (SSSR count). The molecule has 3 heterocycles. The number of anilines is 2. The molecule has 1 saturated heterocycles. The molecule has 1 aliphatic rings. The number of carbonyl (C=O) groups is 1. The molecule has 128 valence electrons. The second-order valence-corrected chi connectivity index (χ2v) is 7.80. The zero-order valence-electron chi connectivity index (χ0n) is 14.0. The second-order valence-electron chi connectivity index (χ2n) is 5.97. The van der Waals surface area contributed by atoms with E-state index in [4.69, 9.17) is 0 Å². The zero-order valence-corrected chi connectivity index (χ0v) is 16.4. The lowest BCUT2D eigenvalue weighted by Crippen LogP contribution is -2.49. The van der Waals surface area contributed by atoms with E-state index in [0.29, 0.717) is 13.1 Å². The molecule has 0 N–H and O–H groups in total. The highest BCUT2D eigenvalue weighted by Crippen LogP contribution is 2.22. The second kappa shape index (κ2) is 7.06. The topological polar surface area (TPSA) is 52.6 Å². The van der Waals surface area contributed by atoms with E-state index in [1.807, 2.05) is 48.3 Å². The molecular formula is C16H20BrN5OS. The fourth-order valence-electron chi connectivity index (χ4n) is 2.60. The van der Waals surface area contributed by atoms with Crippen LogP contribution in [0.3, 0.4) is 0 Å². The number of amides is 1. The molecule has 0 spiro atoms. The molecule has 0 aromatic carbocycles. The molecule has 2 aromatic rings. The quantitative estimate of drug-likeness (QED) is 0.779. The number of piperazine rings is 1. The van der Waals surface area contributed by atoms with E-state index >= 15 is 0 Å². The molecule has 1 aliphatic heterocycles. The molecular weight excluding hydrogens is 390 g/mol. The molecule has 0 bridgehead atoms. The standard InChI is InChI=1S/C16H20BrN5OS/c1-11-8-14(20(2)3)19-16(18-11)22-6-4-21(5-7-22)15(23)13-9-12(17)10-24-13/h8-10H,4-7H2,1-3H3. The highest BCUT2D eigenvalue weighted by atomic mass is 79.9. The van der Waals surface area contributed by atoms with E-state index in [1.165, 1.54) is 11.3 Å². The van der Waals surface area contributed by atoms with Gasteiger partial charge in [0.15, 0.2) is 0 Å². The van der Waals surface area contributed by atoms with Crippen LogP contribution in [0.25, 0.3) is 0 Å². The molecule has 1 fully saturated rings. The lowest BCUT2D eigenvalue weighted by Gasteiger charge is -2.34. The first kappa shape index (κ1) is 17.2. The molecule has 8 heteroatoms. The lowest BCUT2D eigenvalue weighted by atomic mass is 10.3. The Hall–Kier alpha value is -1.67. The number of thiophene rings is 1. The van der Waals surface area contributed by atoms with Gasteiger partial charge >= 0.3 is 0 Å². The van der Waals surface area contributed by atoms with E-state index in [9.17, 15) is 4.79 Å². The third-order valence-electron chi connectivity index (χ3n) is 3.92. The highest BCUT2D eigenvalue weighted by Gasteiger charge is 2.24. The number of nitrogens with zero attached hydrogens (tertiary/aromatic N) is 5. The van der Waals surface area contributed by atoms with Gasteiger partial charge in [0.2, 0.25) is 5.95 Å². The number of hydrogen-bond donors (Lipinski definition) is 0. The average Bonchev–Trinajstić information content (AvgIpc) is 3.00. The summed E-state index contributed by atoms with van der Waals surface area (Å²) in [6.45, 7) is 4.84. The average molecular weight is 410 g/mol. The Morgan fingerprint density at radius 1 is 1.21 bits per heavy atom. The van der Waals surface area contributed by atoms with Crippen molar-refractivity contribution in [3.05, 3.63) is 32.6 Å². The van der Waals surface area contributed by atoms with Gasteiger partial charge in [-0.25, -0.2) is 4.98 Å². The van der Waals surface area contributed by atoms with Crippen molar-refractivity contribution in [2.75, 3.05) is 50.1 Å². The fourth-order valence-corrected chi connectivity index (χ4v) is 3.99. The van der Waals surface area contributed by atoms with Crippen LogP contribution in [-0.2, 0) is 0 Å². The third-order valence-corrected chi connectivity index (χ3v) is 5.59. The van der Waals surface area contributed by atoms with E-state index < -0.39 is 0 Å². The van der Waals surface area contributed by atoms with E-state index in [1.54, 1.807) is 0 Å². The maximum absolute atomic E-state index is 12.5. The smallest absolute Gasteiger partial charge is 0.264 e. The number of halogens is 1. The number of carbonyl (C=O) groups excluding carboxylic acids is 1. The largest absolute Gasteiger partial charge is 0.363 e. The minimum absolute atomic E-state index is 0.101. The molecule has 1 amide bonds. The monoisotopic (exact) mass is 409 g/mol. The first-order valence-electron chi connectivity index (χ1n) is 7.75. The highest BCUT2D eigenvalue weighted by molar-refractivity contribution is 9.10. The summed E-state index contributed by atoms with van der Waals surface area (Å²) < 4.78 is 0.957. The van der Waals surface area contributed by atoms with Gasteiger partial charge in [0.05, 0.1) is 4.88 Å². The van der Waals surface area contributed by atoms with Gasteiger partial charge in [-0.1, -0.05) is 0 Å². The van der Waals surface area contributed by atoms with Gasteiger partial charge in [-0.05, 0) is 28.9 Å². The van der Waals surface area contributed by atoms with Gasteiger partial charge in [0, 0.05) is 61.9 Å². The van der Waals surface area contributed by atoms with Crippen LogP contribution in [0.4, 0.5) is 11.8 Å². The van der Waals surface area contributed by atoms with Crippen molar-refractivity contribution in [1.29, 1.82) is 0 Å². The van der Waals surface area contributed by atoms with Crippen LogP contribution >= 0.6 is 27.3 Å². The van der Waals surface area contributed by atoms with Crippen molar-refractivity contribution >= 4 is 44.9 Å². The first-order chi connectivity index (χ1) is 11.4. The van der Waals surface area contributed by atoms with Gasteiger partial charge < -0.3 is 14.7 Å². The van der Waals surface area contributed by atoms with Crippen LogP contribution in [0.1, 0.15) is 15.4 Å².